The van der Waals surface area contributed by atoms with Crippen LogP contribution < -0.4 is 11.1 Å². The van der Waals surface area contributed by atoms with E-state index < -0.39 is 0 Å². The number of nitrogens with zero attached hydrogens (tertiary/aromatic N) is 1. The number of nitrogens with two attached hydrogens (primary N) is 1. The first-order valence-corrected chi connectivity index (χ1v) is 12.1. The first kappa shape index (κ1) is 26.8. The topological polar surface area (TPSA) is 87.9 Å². The Hall–Kier alpha value is -2.21. The van der Waals surface area contributed by atoms with Gasteiger partial charge in [-0.2, -0.15) is 11.8 Å². The molecule has 1 heterocycles. The second-order valence-corrected chi connectivity index (χ2v) is 9.36. The summed E-state index contributed by atoms with van der Waals surface area (Å²) in [6.45, 7) is 10.8. The van der Waals surface area contributed by atoms with E-state index in [1.807, 2.05) is 0 Å². The van der Waals surface area contributed by atoms with Gasteiger partial charge in [0.05, 0.1) is 12.2 Å². The van der Waals surface area contributed by atoms with E-state index in [1.165, 1.54) is 28.6 Å². The molecule has 0 bridgehead atoms. The Morgan fingerprint density at radius 3 is 2.42 bits per heavy atom. The SMILES string of the molecule is CC(C)=CCC/C(C)=C/CC/C(=C/CSCC(Nc1ncco1)C(=N)N)CC=C(C)C. The highest BCUT2D eigenvalue weighted by Gasteiger charge is 2.13. The molecule has 0 radical (unpaired) electrons. The lowest BCUT2D eigenvalue weighted by Crippen LogP contribution is -2.37. The zero-order chi connectivity index (χ0) is 23.1. The molecule has 0 spiro atoms. The van der Waals surface area contributed by atoms with Crippen molar-refractivity contribution >= 4 is 23.6 Å². The maximum absolute atomic E-state index is 7.79. The first-order chi connectivity index (χ1) is 14.8. The molecule has 0 aromatic carbocycles. The number of thioether (sulfide) groups is 1. The van der Waals surface area contributed by atoms with Crippen molar-refractivity contribution in [3.8, 4) is 0 Å². The molecule has 1 unspecified atom stereocenters. The molecule has 0 saturated heterocycles. The molecule has 0 aliphatic carbocycles. The number of hydrogen-bond donors (Lipinski definition) is 3. The minimum absolute atomic E-state index is 0.0909. The van der Waals surface area contributed by atoms with Crippen LogP contribution >= 0.6 is 11.8 Å². The fourth-order valence-electron chi connectivity index (χ4n) is 2.83. The number of anilines is 1. The Kier molecular flexibility index (Phi) is 13.5. The van der Waals surface area contributed by atoms with Crippen LogP contribution in [0.15, 0.2) is 63.5 Å². The van der Waals surface area contributed by atoms with E-state index in [0.29, 0.717) is 11.8 Å². The molecule has 1 atom stereocenters. The Morgan fingerprint density at radius 1 is 1.10 bits per heavy atom. The minimum Gasteiger partial charge on any atom is -0.432 e. The second kappa shape index (κ2) is 15.6. The quantitative estimate of drug-likeness (QED) is 0.119. The lowest BCUT2D eigenvalue weighted by molar-refractivity contribution is 0.569. The van der Waals surface area contributed by atoms with Crippen LogP contribution in [0.1, 0.15) is 66.7 Å². The maximum Gasteiger partial charge on any atom is 0.295 e. The van der Waals surface area contributed by atoms with Crippen LogP contribution in [-0.2, 0) is 0 Å². The van der Waals surface area contributed by atoms with E-state index in [-0.39, 0.29) is 11.9 Å². The van der Waals surface area contributed by atoms with Gasteiger partial charge in [0, 0.05) is 11.5 Å². The zero-order valence-corrected chi connectivity index (χ0v) is 20.6. The number of allylic oxidation sites excluding steroid dienone is 7. The Bertz CT molecular complexity index is 767. The number of hydrogen-bond acceptors (Lipinski definition) is 5. The van der Waals surface area contributed by atoms with Crippen LogP contribution in [0.25, 0.3) is 0 Å². The number of aromatic nitrogens is 1. The van der Waals surface area contributed by atoms with Crippen LogP contribution in [0.4, 0.5) is 6.01 Å². The molecule has 4 N–H and O–H groups in total. The van der Waals surface area contributed by atoms with Gasteiger partial charge in [-0.1, -0.05) is 46.6 Å². The molecule has 1 rings (SSSR count). The molecule has 0 saturated carbocycles. The van der Waals surface area contributed by atoms with Gasteiger partial charge >= 0.3 is 0 Å². The summed E-state index contributed by atoms with van der Waals surface area (Å²) in [6.07, 6.45) is 17.8. The van der Waals surface area contributed by atoms with Crippen molar-refractivity contribution in [3.05, 3.63) is 59.1 Å². The molecular weight excluding hydrogens is 404 g/mol. The monoisotopic (exact) mass is 444 g/mol. The first-order valence-electron chi connectivity index (χ1n) is 11.0. The molecule has 5 nitrogen and oxygen atoms in total. The summed E-state index contributed by atoms with van der Waals surface area (Å²) < 4.78 is 5.20. The van der Waals surface area contributed by atoms with E-state index in [0.717, 1.165) is 37.9 Å². The van der Waals surface area contributed by atoms with Crippen molar-refractivity contribution in [3.63, 3.8) is 0 Å². The van der Waals surface area contributed by atoms with Crippen molar-refractivity contribution in [2.24, 2.45) is 5.73 Å². The fraction of sp³-hybridized carbons (Fsp3) is 0.520. The van der Waals surface area contributed by atoms with Gasteiger partial charge in [-0.25, -0.2) is 4.98 Å². The van der Waals surface area contributed by atoms with Gasteiger partial charge in [0.2, 0.25) is 0 Å². The van der Waals surface area contributed by atoms with Crippen LogP contribution in [0, 0.1) is 5.41 Å². The van der Waals surface area contributed by atoms with E-state index in [1.54, 1.807) is 18.0 Å². The number of amidine groups is 1. The highest BCUT2D eigenvalue weighted by atomic mass is 32.2. The van der Waals surface area contributed by atoms with Crippen LogP contribution in [0.3, 0.4) is 0 Å². The van der Waals surface area contributed by atoms with E-state index in [9.17, 15) is 0 Å². The lowest BCUT2D eigenvalue weighted by Gasteiger charge is -2.15. The summed E-state index contributed by atoms with van der Waals surface area (Å²) in [6, 6.07) is 0.108. The molecule has 1 aromatic rings. The largest absolute Gasteiger partial charge is 0.432 e. The lowest BCUT2D eigenvalue weighted by atomic mass is 10.0. The van der Waals surface area contributed by atoms with Gasteiger partial charge in [-0.15, -0.1) is 0 Å². The molecule has 31 heavy (non-hydrogen) atoms. The number of oxazole rings is 1. The van der Waals surface area contributed by atoms with E-state index >= 15 is 0 Å². The molecule has 0 aliphatic heterocycles. The van der Waals surface area contributed by atoms with Crippen LogP contribution in [0.2, 0.25) is 0 Å². The van der Waals surface area contributed by atoms with Gasteiger partial charge < -0.3 is 15.5 Å². The smallest absolute Gasteiger partial charge is 0.295 e. The molecule has 172 valence electrons. The van der Waals surface area contributed by atoms with Gasteiger partial charge in [-0.3, -0.25) is 5.41 Å². The van der Waals surface area contributed by atoms with Crippen molar-refractivity contribution in [1.29, 1.82) is 5.41 Å². The third kappa shape index (κ3) is 13.7. The van der Waals surface area contributed by atoms with Crippen molar-refractivity contribution < 1.29 is 4.42 Å². The van der Waals surface area contributed by atoms with Crippen molar-refractivity contribution in [2.75, 3.05) is 16.8 Å². The average molecular weight is 445 g/mol. The van der Waals surface area contributed by atoms with Gasteiger partial charge in [0.15, 0.2) is 0 Å². The predicted octanol–water partition coefficient (Wildman–Crippen LogP) is 6.88. The summed E-state index contributed by atoms with van der Waals surface area (Å²) in [7, 11) is 0. The van der Waals surface area contributed by atoms with Crippen molar-refractivity contribution in [1.82, 2.24) is 4.98 Å². The standard InChI is InChI=1S/C25H40N4OS/c1-19(2)8-6-9-21(5)10-7-11-22(13-12-20(3)4)14-17-31-18-23(24(26)27)29-25-28-15-16-30-25/h8,10,12,14-16,23H,6-7,9,11,13,17-18H2,1-5H3,(H3,26,27)(H,28,29)/b21-10+,22-14-. The Labute approximate surface area is 192 Å². The Balaban J connectivity index is 2.55. The van der Waals surface area contributed by atoms with Gasteiger partial charge in [-0.05, 0) is 66.7 Å². The highest BCUT2D eigenvalue weighted by Crippen LogP contribution is 2.17. The average Bonchev–Trinajstić information content (AvgIpc) is 3.20. The molecule has 1 aromatic heterocycles. The van der Waals surface area contributed by atoms with Crippen LogP contribution in [-0.4, -0.2) is 28.4 Å². The summed E-state index contributed by atoms with van der Waals surface area (Å²) in [5.41, 5.74) is 11.4. The van der Waals surface area contributed by atoms with E-state index in [2.05, 4.69) is 69.2 Å². The molecule has 0 amide bonds. The van der Waals surface area contributed by atoms with E-state index in [4.69, 9.17) is 15.6 Å². The fourth-order valence-corrected chi connectivity index (χ4v) is 3.82. The molecular formula is C25H40N4OS. The van der Waals surface area contributed by atoms with Gasteiger partial charge in [0.1, 0.15) is 12.1 Å². The van der Waals surface area contributed by atoms with Crippen LogP contribution in [0.5, 0.6) is 0 Å². The van der Waals surface area contributed by atoms with Crippen molar-refractivity contribution in [2.45, 2.75) is 72.8 Å². The second-order valence-electron chi connectivity index (χ2n) is 8.28. The van der Waals surface area contributed by atoms with Gasteiger partial charge in [0.25, 0.3) is 6.01 Å². The third-order valence-corrected chi connectivity index (χ3v) is 5.67. The summed E-state index contributed by atoms with van der Waals surface area (Å²) in [5, 5.41) is 10.9. The summed E-state index contributed by atoms with van der Waals surface area (Å²) in [5.74, 6) is 1.67. The number of rotatable bonds is 15. The predicted molar refractivity (Wildman–Crippen MR) is 137 cm³/mol. The summed E-state index contributed by atoms with van der Waals surface area (Å²) >= 11 is 1.76. The molecule has 6 heteroatoms. The normalized spacial score (nSPS) is 12.9. The summed E-state index contributed by atoms with van der Waals surface area (Å²) in [4.78, 5) is 4.04. The molecule has 0 fully saturated rings. The molecule has 0 aliphatic rings. The number of nitrogens with one attached hydrogen (secondary N) is 2. The Morgan fingerprint density at radius 2 is 1.81 bits per heavy atom. The highest BCUT2D eigenvalue weighted by molar-refractivity contribution is 7.99. The zero-order valence-electron chi connectivity index (χ0n) is 19.8. The third-order valence-electron chi connectivity index (χ3n) is 4.70. The minimum atomic E-state index is -0.287. The maximum atomic E-state index is 7.79.